The van der Waals surface area contributed by atoms with E-state index in [0.717, 1.165) is 12.8 Å². The van der Waals surface area contributed by atoms with Crippen LogP contribution in [0.4, 0.5) is 0 Å². The van der Waals surface area contributed by atoms with Crippen molar-refractivity contribution in [2.75, 3.05) is 0 Å². The minimum absolute atomic E-state index is 0.247. The number of rotatable bonds is 6. The van der Waals surface area contributed by atoms with Crippen LogP contribution in [0.3, 0.4) is 0 Å². The molecule has 168 valence electrons. The Morgan fingerprint density at radius 3 is 2.68 bits per heavy atom. The van der Waals surface area contributed by atoms with Crippen LogP contribution < -0.4 is 0 Å². The molecule has 2 aliphatic carbocycles. The fraction of sp³-hybridized carbons (Fsp3) is 0.520. The van der Waals surface area contributed by atoms with Gasteiger partial charge in [-0.2, -0.15) is 0 Å². The summed E-state index contributed by atoms with van der Waals surface area (Å²) in [6, 6.07) is 0. The molecule has 1 fully saturated rings. The Hall–Kier alpha value is -2.44. The van der Waals surface area contributed by atoms with Crippen molar-refractivity contribution in [2.45, 2.75) is 77.1 Å². The minimum atomic E-state index is -1.68. The van der Waals surface area contributed by atoms with Gasteiger partial charge >= 0.3 is 11.9 Å². The summed E-state index contributed by atoms with van der Waals surface area (Å²) in [6.45, 7) is 7.23. The van der Waals surface area contributed by atoms with Gasteiger partial charge in [-0.05, 0) is 45.6 Å². The lowest BCUT2D eigenvalue weighted by Gasteiger charge is -2.59. The number of unbranched alkanes of at least 4 members (excludes halogenated alkanes) is 1. The number of esters is 2. The van der Waals surface area contributed by atoms with E-state index >= 15 is 0 Å². The van der Waals surface area contributed by atoms with Gasteiger partial charge in [0.2, 0.25) is 0 Å². The maximum Gasteiger partial charge on any atom is 0.339 e. The predicted molar refractivity (Wildman–Crippen MR) is 117 cm³/mol. The lowest BCUT2D eigenvalue weighted by Crippen LogP contribution is -2.68. The summed E-state index contributed by atoms with van der Waals surface area (Å²) in [5.41, 5.74) is -2.81. The summed E-state index contributed by atoms with van der Waals surface area (Å²) in [5, 5.41) is 22.9. The maximum atomic E-state index is 12.4. The average Bonchev–Trinajstić information content (AvgIpc) is 2.96. The molecule has 3 rings (SSSR count). The van der Waals surface area contributed by atoms with Gasteiger partial charge in [0.05, 0.1) is 5.60 Å². The van der Waals surface area contributed by atoms with Crippen LogP contribution in [-0.4, -0.2) is 39.5 Å². The first-order valence-electron chi connectivity index (χ1n) is 10.9. The fourth-order valence-electron chi connectivity index (χ4n) is 4.65. The van der Waals surface area contributed by atoms with E-state index in [-0.39, 0.29) is 12.8 Å². The van der Waals surface area contributed by atoms with Crippen molar-refractivity contribution in [2.24, 2.45) is 5.41 Å². The number of carbonyl (C=O) groups is 2. The Morgan fingerprint density at radius 2 is 1.97 bits per heavy atom. The third-order valence-corrected chi connectivity index (χ3v) is 7.01. The number of hydrogen-bond acceptors (Lipinski definition) is 6. The van der Waals surface area contributed by atoms with Crippen molar-refractivity contribution < 1.29 is 29.3 Å². The molecule has 1 heterocycles. The molecule has 6 heteroatoms. The third-order valence-electron chi connectivity index (χ3n) is 7.01. The first-order valence-corrected chi connectivity index (χ1v) is 10.9. The molecule has 0 aromatic carbocycles. The number of hydrogen-bond donors (Lipinski definition) is 2. The van der Waals surface area contributed by atoms with Gasteiger partial charge in [-0.1, -0.05) is 50.6 Å². The van der Waals surface area contributed by atoms with Crippen LogP contribution in [-0.2, 0) is 19.1 Å². The lowest BCUT2D eigenvalue weighted by molar-refractivity contribution is -0.240. The summed E-state index contributed by atoms with van der Waals surface area (Å²) in [7, 11) is 0. The molecule has 6 nitrogen and oxygen atoms in total. The number of allylic oxidation sites excluding steroid dienone is 6. The Labute approximate surface area is 183 Å². The zero-order valence-electron chi connectivity index (χ0n) is 18.7. The van der Waals surface area contributed by atoms with E-state index in [1.807, 2.05) is 18.2 Å². The second-order valence-corrected chi connectivity index (χ2v) is 9.03. The first kappa shape index (κ1) is 23.2. The highest BCUT2D eigenvalue weighted by atomic mass is 16.6. The first-order chi connectivity index (χ1) is 14.6. The van der Waals surface area contributed by atoms with Gasteiger partial charge in [0.1, 0.15) is 17.5 Å². The molecule has 0 radical (unpaired) electrons. The topological polar surface area (TPSA) is 93.1 Å². The largest absolute Gasteiger partial charge is 0.456 e. The summed E-state index contributed by atoms with van der Waals surface area (Å²) in [6.07, 6.45) is 13.9. The summed E-state index contributed by atoms with van der Waals surface area (Å²) in [4.78, 5) is 24.4. The number of aliphatic hydroxyl groups is 2. The Bertz CT molecular complexity index is 903. The molecule has 1 saturated carbocycles. The molecular weight excluding hydrogens is 396 g/mol. The van der Waals surface area contributed by atoms with Crippen molar-refractivity contribution in [3.63, 3.8) is 0 Å². The van der Waals surface area contributed by atoms with E-state index in [2.05, 4.69) is 6.92 Å². The molecule has 31 heavy (non-hydrogen) atoms. The van der Waals surface area contributed by atoms with Crippen LogP contribution in [0, 0.1) is 5.41 Å². The van der Waals surface area contributed by atoms with Gasteiger partial charge in [-0.15, -0.1) is 0 Å². The van der Waals surface area contributed by atoms with Crippen molar-refractivity contribution in [1.29, 1.82) is 0 Å². The van der Waals surface area contributed by atoms with E-state index in [0.29, 0.717) is 23.3 Å². The van der Waals surface area contributed by atoms with Gasteiger partial charge in [0, 0.05) is 22.6 Å². The molecule has 0 saturated heterocycles. The highest BCUT2D eigenvalue weighted by Crippen LogP contribution is 2.59. The van der Waals surface area contributed by atoms with Gasteiger partial charge in [0.15, 0.2) is 0 Å². The van der Waals surface area contributed by atoms with E-state index < -0.39 is 34.7 Å². The van der Waals surface area contributed by atoms with Crippen molar-refractivity contribution >= 4 is 11.9 Å². The smallest absolute Gasteiger partial charge is 0.339 e. The maximum absolute atomic E-state index is 12.4. The van der Waals surface area contributed by atoms with Crippen LogP contribution in [0.15, 0.2) is 59.4 Å². The molecule has 0 amide bonds. The minimum Gasteiger partial charge on any atom is -0.456 e. The molecule has 4 atom stereocenters. The van der Waals surface area contributed by atoms with Crippen molar-refractivity contribution in [3.8, 4) is 0 Å². The number of ether oxygens (including phenoxy) is 2. The average molecular weight is 429 g/mol. The van der Waals surface area contributed by atoms with E-state index in [1.165, 1.54) is 12.2 Å². The molecule has 0 aromatic rings. The molecule has 0 spiro atoms. The zero-order valence-corrected chi connectivity index (χ0v) is 18.7. The molecular formula is C25H32O6. The van der Waals surface area contributed by atoms with E-state index in [4.69, 9.17) is 9.47 Å². The molecule has 0 aromatic heterocycles. The Balaban J connectivity index is 1.82. The monoisotopic (exact) mass is 428 g/mol. The van der Waals surface area contributed by atoms with Crippen LogP contribution in [0.1, 0.15) is 59.8 Å². The van der Waals surface area contributed by atoms with Gasteiger partial charge in [-0.3, -0.25) is 0 Å². The molecule has 0 unspecified atom stereocenters. The van der Waals surface area contributed by atoms with Crippen molar-refractivity contribution in [3.05, 3.63) is 59.4 Å². The quantitative estimate of drug-likeness (QED) is 0.380. The second kappa shape index (κ2) is 8.60. The SMILES string of the molecule is CCC/C=C/C=C/C=C/C(=O)O[C@H]1CC[C@](C)(O)[C@]2(C)CC3=C(C)C(=O)OC3=C[C@@]12O. The molecule has 0 bridgehead atoms. The number of fused-ring (bicyclic) bond motifs is 2. The summed E-state index contributed by atoms with van der Waals surface area (Å²) in [5.74, 6) is -0.745. The summed E-state index contributed by atoms with van der Waals surface area (Å²) >= 11 is 0. The van der Waals surface area contributed by atoms with Gasteiger partial charge in [-0.25, -0.2) is 9.59 Å². The van der Waals surface area contributed by atoms with Crippen molar-refractivity contribution in [1.82, 2.24) is 0 Å². The molecule has 1 aliphatic heterocycles. The molecule has 2 N–H and O–H groups in total. The van der Waals surface area contributed by atoms with E-state index in [1.54, 1.807) is 32.9 Å². The van der Waals surface area contributed by atoms with Crippen LogP contribution >= 0.6 is 0 Å². The Morgan fingerprint density at radius 1 is 1.26 bits per heavy atom. The van der Waals surface area contributed by atoms with Crippen LogP contribution in [0.25, 0.3) is 0 Å². The standard InChI is InChI=1S/C25H32O6/c1-5-6-7-8-9-10-11-12-21(26)31-20-13-14-24(4,28)23(3)15-18-17(2)22(27)30-19(18)16-25(20,23)29/h7-12,16,20,28-29H,5-6,13-15H2,1-4H3/b8-7+,10-9+,12-11+/t20-,23-,24-,25+/m0/s1. The Kier molecular flexibility index (Phi) is 6.44. The van der Waals surface area contributed by atoms with Gasteiger partial charge in [0.25, 0.3) is 0 Å². The highest BCUT2D eigenvalue weighted by molar-refractivity contribution is 5.94. The van der Waals surface area contributed by atoms with E-state index in [9.17, 15) is 19.8 Å². The third kappa shape index (κ3) is 4.06. The molecule has 3 aliphatic rings. The normalized spacial score (nSPS) is 35.5. The highest BCUT2D eigenvalue weighted by Gasteiger charge is 2.66. The number of carbonyl (C=O) groups excluding carboxylic acids is 2. The fourth-order valence-corrected chi connectivity index (χ4v) is 4.65. The predicted octanol–water partition coefficient (Wildman–Crippen LogP) is 3.81. The lowest BCUT2D eigenvalue weighted by atomic mass is 9.51. The summed E-state index contributed by atoms with van der Waals surface area (Å²) < 4.78 is 10.9. The van der Waals surface area contributed by atoms with Crippen LogP contribution in [0.2, 0.25) is 0 Å². The van der Waals surface area contributed by atoms with Gasteiger partial charge < -0.3 is 19.7 Å². The zero-order chi connectivity index (χ0) is 22.9. The second-order valence-electron chi connectivity index (χ2n) is 9.03. The van der Waals surface area contributed by atoms with Crippen LogP contribution in [0.5, 0.6) is 0 Å².